The monoisotopic (exact) mass is 386 g/mol. The van der Waals surface area contributed by atoms with E-state index in [1.54, 1.807) is 0 Å². The number of nitrogens with zero attached hydrogens (tertiary/aromatic N) is 4. The Bertz CT molecular complexity index is 665. The maximum atomic E-state index is 4.13. The molecule has 0 radical (unpaired) electrons. The van der Waals surface area contributed by atoms with Gasteiger partial charge in [0.1, 0.15) is 0 Å². The smallest absolute Gasteiger partial charge is 0.0397 e. The van der Waals surface area contributed by atoms with Crippen LogP contribution in [0.25, 0.3) is 0 Å². The second-order valence-corrected chi connectivity index (χ2v) is 7.58. The molecule has 27 heavy (non-hydrogen) atoms. The number of piperidine rings is 1. The number of hydrogen-bond acceptors (Lipinski definition) is 4. The van der Waals surface area contributed by atoms with Crippen LogP contribution in [0.3, 0.4) is 0 Å². The molecule has 1 aromatic heterocycles. The summed E-state index contributed by atoms with van der Waals surface area (Å²) in [6.07, 6.45) is 6.38. The summed E-state index contributed by atoms with van der Waals surface area (Å²) in [5.74, 6) is 0. The molecular weight excluding hydrogens is 356 g/mol. The van der Waals surface area contributed by atoms with E-state index in [0.717, 1.165) is 19.1 Å². The van der Waals surface area contributed by atoms with Crippen LogP contribution in [0.4, 0.5) is 5.69 Å². The average Bonchev–Trinajstić information content (AvgIpc) is 2.75. The maximum Gasteiger partial charge on any atom is 0.0397 e. The molecule has 0 saturated carbocycles. The molecule has 0 bridgehead atoms. The molecule has 1 unspecified atom stereocenters. The van der Waals surface area contributed by atoms with Gasteiger partial charge >= 0.3 is 0 Å². The van der Waals surface area contributed by atoms with Crippen molar-refractivity contribution in [1.29, 1.82) is 0 Å². The van der Waals surface area contributed by atoms with E-state index in [2.05, 4.69) is 69.1 Å². The molecule has 0 N–H and O–H groups in total. The van der Waals surface area contributed by atoms with Crippen LogP contribution in [0, 0.1) is 0 Å². The van der Waals surface area contributed by atoms with E-state index in [-0.39, 0.29) is 12.4 Å². The minimum atomic E-state index is 0. The Morgan fingerprint density at radius 3 is 2.11 bits per heavy atom. The lowest BCUT2D eigenvalue weighted by Crippen LogP contribution is -2.53. The van der Waals surface area contributed by atoms with Gasteiger partial charge in [-0.05, 0) is 37.5 Å². The number of pyridine rings is 1. The fraction of sp³-hybridized carbons (Fsp3) is 0.500. The molecule has 0 spiro atoms. The lowest BCUT2D eigenvalue weighted by atomic mass is 9.98. The molecule has 1 aromatic carbocycles. The molecule has 3 heterocycles. The highest BCUT2D eigenvalue weighted by Gasteiger charge is 2.29. The molecule has 4 nitrogen and oxygen atoms in total. The Morgan fingerprint density at radius 1 is 0.852 bits per heavy atom. The highest BCUT2D eigenvalue weighted by molar-refractivity contribution is 5.85. The van der Waals surface area contributed by atoms with Gasteiger partial charge in [-0.15, -0.1) is 12.4 Å². The zero-order valence-electron chi connectivity index (χ0n) is 16.2. The lowest BCUT2D eigenvalue weighted by Gasteiger charge is -2.44. The molecule has 5 heteroatoms. The number of likely N-dealkylation sites (tertiary alicyclic amines) is 1. The predicted molar refractivity (Wildman–Crippen MR) is 115 cm³/mol. The summed E-state index contributed by atoms with van der Waals surface area (Å²) in [5.41, 5.74) is 2.75. The third kappa shape index (κ3) is 4.81. The highest BCUT2D eigenvalue weighted by Crippen LogP contribution is 2.27. The van der Waals surface area contributed by atoms with Crippen LogP contribution in [0.5, 0.6) is 0 Å². The highest BCUT2D eigenvalue weighted by atomic mass is 35.5. The normalized spacial score (nSPS) is 20.9. The van der Waals surface area contributed by atoms with Crippen LogP contribution < -0.4 is 4.90 Å². The van der Waals surface area contributed by atoms with Crippen molar-refractivity contribution in [2.45, 2.75) is 31.8 Å². The number of anilines is 1. The number of piperazine rings is 1. The molecule has 2 aliphatic rings. The van der Waals surface area contributed by atoms with Gasteiger partial charge in [0.15, 0.2) is 0 Å². The predicted octanol–water partition coefficient (Wildman–Crippen LogP) is 3.85. The molecule has 146 valence electrons. The maximum absolute atomic E-state index is 4.13. The zero-order chi connectivity index (χ0) is 17.8. The first-order valence-electron chi connectivity index (χ1n) is 9.99. The van der Waals surface area contributed by atoms with Gasteiger partial charge in [-0.2, -0.15) is 0 Å². The molecule has 2 saturated heterocycles. The van der Waals surface area contributed by atoms with Gasteiger partial charge in [0.2, 0.25) is 0 Å². The van der Waals surface area contributed by atoms with Gasteiger partial charge in [0.25, 0.3) is 0 Å². The van der Waals surface area contributed by atoms with E-state index in [4.69, 9.17) is 0 Å². The van der Waals surface area contributed by atoms with Gasteiger partial charge in [-0.25, -0.2) is 0 Å². The van der Waals surface area contributed by atoms with E-state index in [1.165, 1.54) is 50.3 Å². The summed E-state index contributed by atoms with van der Waals surface area (Å²) in [5, 5.41) is 0. The zero-order valence-corrected chi connectivity index (χ0v) is 17.0. The number of hydrogen-bond donors (Lipinski definition) is 0. The summed E-state index contributed by atoms with van der Waals surface area (Å²) < 4.78 is 0. The summed E-state index contributed by atoms with van der Waals surface area (Å²) in [7, 11) is 0. The number of rotatable bonds is 4. The van der Waals surface area contributed by atoms with E-state index >= 15 is 0 Å². The van der Waals surface area contributed by atoms with Crippen LogP contribution >= 0.6 is 12.4 Å². The standard InChI is InChI=1S/C22H30N4.ClH/c1-19(20-5-3-2-4-6-20)24-13-9-22(10-14-24)26-17-15-25(16-18-26)21-7-11-23-12-8-21;/h2-8,11-12,19,22H,9-10,13-18H2,1H3;1H. The third-order valence-electron chi connectivity index (χ3n) is 6.19. The van der Waals surface area contributed by atoms with Crippen molar-refractivity contribution in [2.24, 2.45) is 0 Å². The molecule has 0 amide bonds. The summed E-state index contributed by atoms with van der Waals surface area (Å²) >= 11 is 0. The van der Waals surface area contributed by atoms with Crippen molar-refractivity contribution in [2.75, 3.05) is 44.2 Å². The second-order valence-electron chi connectivity index (χ2n) is 7.58. The van der Waals surface area contributed by atoms with E-state index in [0.29, 0.717) is 6.04 Å². The average molecular weight is 387 g/mol. The summed E-state index contributed by atoms with van der Waals surface area (Å²) in [6.45, 7) is 9.40. The molecule has 0 aliphatic carbocycles. The molecular formula is C22H31ClN4. The van der Waals surface area contributed by atoms with Crippen molar-refractivity contribution < 1.29 is 0 Å². The molecule has 2 aromatic rings. The van der Waals surface area contributed by atoms with Crippen molar-refractivity contribution in [3.8, 4) is 0 Å². The van der Waals surface area contributed by atoms with Gasteiger partial charge in [-0.1, -0.05) is 30.3 Å². The number of halogens is 1. The van der Waals surface area contributed by atoms with E-state index in [1.807, 2.05) is 12.4 Å². The van der Waals surface area contributed by atoms with Gasteiger partial charge in [-0.3, -0.25) is 14.8 Å². The van der Waals surface area contributed by atoms with Crippen LogP contribution in [-0.2, 0) is 0 Å². The van der Waals surface area contributed by atoms with Gasteiger partial charge in [0.05, 0.1) is 0 Å². The molecule has 4 rings (SSSR count). The SMILES string of the molecule is CC(c1ccccc1)N1CCC(N2CCN(c3ccncc3)CC2)CC1.Cl. The molecule has 1 atom stereocenters. The summed E-state index contributed by atoms with van der Waals surface area (Å²) in [4.78, 5) is 12.0. The van der Waals surface area contributed by atoms with Crippen molar-refractivity contribution in [1.82, 2.24) is 14.8 Å². The number of benzene rings is 1. The minimum absolute atomic E-state index is 0. The van der Waals surface area contributed by atoms with Crippen molar-refractivity contribution in [3.05, 3.63) is 60.4 Å². The van der Waals surface area contributed by atoms with Gasteiger partial charge < -0.3 is 4.90 Å². The minimum Gasteiger partial charge on any atom is -0.369 e. The van der Waals surface area contributed by atoms with Gasteiger partial charge in [0, 0.05) is 69.4 Å². The fourth-order valence-corrected chi connectivity index (χ4v) is 4.48. The first-order chi connectivity index (χ1) is 12.8. The first-order valence-corrected chi connectivity index (χ1v) is 9.99. The Kier molecular flexibility index (Phi) is 7.11. The quantitative estimate of drug-likeness (QED) is 0.795. The third-order valence-corrected chi connectivity index (χ3v) is 6.19. The number of aromatic nitrogens is 1. The van der Waals surface area contributed by atoms with Crippen LogP contribution in [0.1, 0.15) is 31.4 Å². The Hall–Kier alpha value is -1.62. The lowest BCUT2D eigenvalue weighted by molar-refractivity contribution is 0.0840. The fourth-order valence-electron chi connectivity index (χ4n) is 4.48. The first kappa shape index (κ1) is 20.1. The molecule has 2 aliphatic heterocycles. The molecule has 2 fully saturated rings. The van der Waals surface area contributed by atoms with Crippen molar-refractivity contribution in [3.63, 3.8) is 0 Å². The van der Waals surface area contributed by atoms with Crippen LogP contribution in [-0.4, -0.2) is 60.1 Å². The summed E-state index contributed by atoms with van der Waals surface area (Å²) in [6, 6.07) is 16.5. The van der Waals surface area contributed by atoms with Crippen molar-refractivity contribution >= 4 is 18.1 Å². The largest absolute Gasteiger partial charge is 0.369 e. The second kappa shape index (κ2) is 9.54. The Morgan fingerprint density at radius 2 is 1.48 bits per heavy atom. The van der Waals surface area contributed by atoms with Crippen LogP contribution in [0.2, 0.25) is 0 Å². The van der Waals surface area contributed by atoms with E-state index in [9.17, 15) is 0 Å². The Balaban J connectivity index is 0.00000210. The van der Waals surface area contributed by atoms with Crippen LogP contribution in [0.15, 0.2) is 54.9 Å². The topological polar surface area (TPSA) is 22.6 Å². The Labute approximate surface area is 169 Å². The van der Waals surface area contributed by atoms with E-state index < -0.39 is 0 Å².